The van der Waals surface area contributed by atoms with Crippen LogP contribution in [0.15, 0.2) is 0 Å². The summed E-state index contributed by atoms with van der Waals surface area (Å²) in [5, 5.41) is 0. The van der Waals surface area contributed by atoms with Gasteiger partial charge in [0.2, 0.25) is 7.44 Å². The third-order valence-electron chi connectivity index (χ3n) is 4.22. The fraction of sp³-hybridized carbons (Fsp3) is 1.00. The van der Waals surface area contributed by atoms with Crippen molar-refractivity contribution < 1.29 is 4.57 Å². The summed E-state index contributed by atoms with van der Waals surface area (Å²) in [5.41, 5.74) is 0.334. The molecule has 0 saturated carbocycles. The van der Waals surface area contributed by atoms with Gasteiger partial charge in [-0.05, 0) is 19.3 Å². The van der Waals surface area contributed by atoms with Crippen LogP contribution in [-0.2, 0) is 4.57 Å². The lowest BCUT2D eigenvalue weighted by Gasteiger charge is -2.27. The molecule has 0 spiro atoms. The zero-order valence-corrected chi connectivity index (χ0v) is 11.9. The second-order valence-electron chi connectivity index (χ2n) is 5.21. The molecule has 0 aromatic carbocycles. The smallest absolute Gasteiger partial charge is 0.219 e. The predicted octanol–water partition coefficient (Wildman–Crippen LogP) is 3.17. The van der Waals surface area contributed by atoms with Crippen molar-refractivity contribution in [3.05, 3.63) is 0 Å². The van der Waals surface area contributed by atoms with E-state index in [4.69, 9.17) is 0 Å². The monoisotopic (exact) mass is 244 g/mol. The standard InChI is InChI=1S/C12H25N2OP/c1-5-10(4)16(15,13-8-11(13)6-2)14-9-12(14)7-3/h10-12H,5-9H2,1-4H3. The Hall–Kier alpha value is 0.150. The molecule has 5 atom stereocenters. The Kier molecular flexibility index (Phi) is 3.49. The highest BCUT2D eigenvalue weighted by Gasteiger charge is 2.57. The van der Waals surface area contributed by atoms with Gasteiger partial charge in [-0.25, -0.2) is 9.34 Å². The van der Waals surface area contributed by atoms with Gasteiger partial charge in [0.15, 0.2) is 0 Å². The first-order valence-corrected chi connectivity index (χ1v) is 8.41. The third-order valence-corrected chi connectivity index (χ3v) is 8.18. The molecule has 2 saturated heterocycles. The van der Waals surface area contributed by atoms with Gasteiger partial charge in [0.05, 0.1) is 0 Å². The van der Waals surface area contributed by atoms with Gasteiger partial charge in [0.25, 0.3) is 0 Å². The molecule has 2 heterocycles. The Labute approximate surface area is 99.7 Å². The highest BCUT2D eigenvalue weighted by Crippen LogP contribution is 2.68. The van der Waals surface area contributed by atoms with E-state index in [-0.39, 0.29) is 0 Å². The van der Waals surface area contributed by atoms with Crippen molar-refractivity contribution in [1.82, 2.24) is 9.34 Å². The molecule has 0 bridgehead atoms. The molecule has 0 amide bonds. The Balaban J connectivity index is 2.12. The van der Waals surface area contributed by atoms with Gasteiger partial charge in [-0.15, -0.1) is 0 Å². The summed E-state index contributed by atoms with van der Waals surface area (Å²) < 4.78 is 17.8. The molecule has 94 valence electrons. The van der Waals surface area contributed by atoms with E-state index in [0.717, 1.165) is 32.4 Å². The lowest BCUT2D eigenvalue weighted by atomic mass is 10.4. The van der Waals surface area contributed by atoms with Gasteiger partial charge in [-0.3, -0.25) is 4.57 Å². The third kappa shape index (κ3) is 1.87. The molecule has 0 aromatic heterocycles. The lowest BCUT2D eigenvalue weighted by Crippen LogP contribution is -2.18. The van der Waals surface area contributed by atoms with Crippen LogP contribution in [0.1, 0.15) is 47.0 Å². The predicted molar refractivity (Wildman–Crippen MR) is 68.9 cm³/mol. The molecule has 2 rings (SSSR count). The molecule has 2 fully saturated rings. The van der Waals surface area contributed by atoms with Crippen molar-refractivity contribution in [2.45, 2.75) is 64.7 Å². The molecule has 0 radical (unpaired) electrons. The summed E-state index contributed by atoms with van der Waals surface area (Å²) >= 11 is 0. The van der Waals surface area contributed by atoms with Crippen molar-refractivity contribution in [1.29, 1.82) is 0 Å². The molecular formula is C12H25N2OP. The van der Waals surface area contributed by atoms with Crippen LogP contribution in [0.5, 0.6) is 0 Å². The van der Waals surface area contributed by atoms with E-state index >= 15 is 0 Å². The minimum atomic E-state index is -2.21. The maximum absolute atomic E-state index is 13.3. The topological polar surface area (TPSA) is 23.1 Å². The van der Waals surface area contributed by atoms with Crippen molar-refractivity contribution in [3.63, 3.8) is 0 Å². The molecule has 2 aliphatic heterocycles. The summed E-state index contributed by atoms with van der Waals surface area (Å²) in [6.07, 6.45) is 3.31. The molecular weight excluding hydrogens is 219 g/mol. The van der Waals surface area contributed by atoms with Crippen LogP contribution >= 0.6 is 7.44 Å². The van der Waals surface area contributed by atoms with E-state index in [2.05, 4.69) is 37.0 Å². The van der Waals surface area contributed by atoms with Crippen LogP contribution in [-0.4, -0.2) is 40.2 Å². The number of hydrogen-bond donors (Lipinski definition) is 0. The Morgan fingerprint density at radius 2 is 1.56 bits per heavy atom. The van der Waals surface area contributed by atoms with E-state index < -0.39 is 7.44 Å². The Morgan fingerprint density at radius 1 is 1.12 bits per heavy atom. The highest BCUT2D eigenvalue weighted by molar-refractivity contribution is 7.60. The minimum absolute atomic E-state index is 0.334. The van der Waals surface area contributed by atoms with Gasteiger partial charge < -0.3 is 0 Å². The SMILES string of the molecule is CCC1CN1P(=O)(C(C)CC)N1CC1CC. The highest BCUT2D eigenvalue weighted by atomic mass is 31.2. The van der Waals surface area contributed by atoms with E-state index in [1.54, 1.807) is 0 Å². The normalized spacial score (nSPS) is 42.5. The first-order valence-electron chi connectivity index (χ1n) is 6.73. The van der Waals surface area contributed by atoms with Gasteiger partial charge in [-0.1, -0.05) is 27.7 Å². The van der Waals surface area contributed by atoms with Crippen LogP contribution in [0.2, 0.25) is 0 Å². The summed E-state index contributed by atoms with van der Waals surface area (Å²) in [5.74, 6) is 0. The molecule has 0 N–H and O–H groups in total. The lowest BCUT2D eigenvalue weighted by molar-refractivity contribution is 0.482. The largest absolute Gasteiger partial charge is 0.288 e. The van der Waals surface area contributed by atoms with Crippen molar-refractivity contribution >= 4 is 7.44 Å². The zero-order chi connectivity index (χ0) is 11.9. The van der Waals surface area contributed by atoms with Gasteiger partial charge in [-0.2, -0.15) is 0 Å². The second kappa shape index (κ2) is 4.44. The van der Waals surface area contributed by atoms with Crippen LogP contribution in [0.3, 0.4) is 0 Å². The van der Waals surface area contributed by atoms with Crippen molar-refractivity contribution in [2.24, 2.45) is 0 Å². The van der Waals surface area contributed by atoms with Gasteiger partial charge in [0.1, 0.15) is 0 Å². The number of rotatable bonds is 6. The molecule has 16 heavy (non-hydrogen) atoms. The quantitative estimate of drug-likeness (QED) is 0.529. The maximum atomic E-state index is 13.3. The average molecular weight is 244 g/mol. The fourth-order valence-electron chi connectivity index (χ4n) is 2.61. The van der Waals surface area contributed by atoms with E-state index in [0.29, 0.717) is 17.7 Å². The second-order valence-corrected chi connectivity index (χ2v) is 8.30. The van der Waals surface area contributed by atoms with Crippen LogP contribution in [0.4, 0.5) is 0 Å². The maximum Gasteiger partial charge on any atom is 0.219 e. The summed E-state index contributed by atoms with van der Waals surface area (Å²) in [6.45, 7) is 10.8. The molecule has 5 unspecified atom stereocenters. The minimum Gasteiger partial charge on any atom is -0.288 e. The van der Waals surface area contributed by atoms with Gasteiger partial charge >= 0.3 is 0 Å². The van der Waals surface area contributed by atoms with E-state index in [9.17, 15) is 4.57 Å². The molecule has 4 heteroatoms. The summed E-state index contributed by atoms with van der Waals surface area (Å²) in [6, 6.07) is 1.19. The zero-order valence-electron chi connectivity index (χ0n) is 11.0. The van der Waals surface area contributed by atoms with Crippen LogP contribution in [0, 0.1) is 0 Å². The van der Waals surface area contributed by atoms with E-state index in [1.165, 1.54) is 0 Å². The van der Waals surface area contributed by atoms with Gasteiger partial charge in [0, 0.05) is 30.8 Å². The first-order chi connectivity index (χ1) is 7.59. The average Bonchev–Trinajstić information content (AvgIpc) is 3.18. The van der Waals surface area contributed by atoms with Crippen LogP contribution in [0.25, 0.3) is 0 Å². The number of hydrogen-bond acceptors (Lipinski definition) is 1. The summed E-state index contributed by atoms with van der Waals surface area (Å²) in [7, 11) is -2.21. The van der Waals surface area contributed by atoms with Crippen molar-refractivity contribution in [3.8, 4) is 0 Å². The summed E-state index contributed by atoms with van der Waals surface area (Å²) in [4.78, 5) is 0. The van der Waals surface area contributed by atoms with E-state index in [1.807, 2.05) is 0 Å². The fourth-order valence-corrected chi connectivity index (χ4v) is 6.50. The van der Waals surface area contributed by atoms with Crippen LogP contribution < -0.4 is 0 Å². The Morgan fingerprint density at radius 3 is 1.81 bits per heavy atom. The Bertz CT molecular complexity index is 285. The molecule has 2 aliphatic rings. The number of nitrogens with zero attached hydrogens (tertiary/aromatic N) is 2. The molecule has 0 aromatic rings. The first kappa shape index (κ1) is 12.6. The van der Waals surface area contributed by atoms with Crippen molar-refractivity contribution in [2.75, 3.05) is 13.1 Å². The molecule has 3 nitrogen and oxygen atoms in total. The molecule has 0 aliphatic carbocycles.